The number of anilines is 2. The van der Waals surface area contributed by atoms with Crippen molar-refractivity contribution in [3.63, 3.8) is 0 Å². The Bertz CT molecular complexity index is 4820. The summed E-state index contributed by atoms with van der Waals surface area (Å²) in [6.45, 7) is 10.5. The smallest absolute Gasteiger partial charge is 0.339 e. The molecule has 0 saturated carbocycles. The van der Waals surface area contributed by atoms with Crippen LogP contribution in [-0.2, 0) is 25.2 Å². The zero-order chi connectivity index (χ0) is 69.7. The number of hydrogen-bond donors (Lipinski definition) is 7. The van der Waals surface area contributed by atoms with E-state index in [4.69, 9.17) is 47.6 Å². The summed E-state index contributed by atoms with van der Waals surface area (Å²) in [5, 5.41) is 24.1. The van der Waals surface area contributed by atoms with Gasteiger partial charge in [-0.1, -0.05) is 109 Å². The van der Waals surface area contributed by atoms with E-state index in [0.29, 0.717) is 86.6 Å². The Labute approximate surface area is 567 Å². The first kappa shape index (κ1) is 72.7. The number of carbonyl (C=O) groups is 1. The third-order valence-corrected chi connectivity index (χ3v) is 16.6. The molecule has 0 unspecified atom stereocenters. The first-order valence-electron chi connectivity index (χ1n) is 30.5. The van der Waals surface area contributed by atoms with Crippen molar-refractivity contribution in [2.45, 2.75) is 33.6 Å². The molecule has 10 N–H and O–H groups in total. The highest BCUT2D eigenvalue weighted by molar-refractivity contribution is 7.87. The van der Waals surface area contributed by atoms with E-state index in [-0.39, 0.29) is 11.4 Å². The van der Waals surface area contributed by atoms with Gasteiger partial charge >= 0.3 is 5.97 Å². The van der Waals surface area contributed by atoms with Gasteiger partial charge in [0.15, 0.2) is 11.6 Å². The minimum Gasteiger partial charge on any atom is -0.497 e. The Kier molecular flexibility index (Phi) is 25.9. The Morgan fingerprint density at radius 2 is 1.12 bits per heavy atom. The molecular weight excluding hydrogens is 1300 g/mol. The van der Waals surface area contributed by atoms with Gasteiger partial charge < -0.3 is 30.4 Å². The standard InChI is InChI=1S/C20H23N5O2S.C15H11ClN2.C15H11FN2O.C9H11NO3.C7H5N.C5H13N3O2S/c1-14-7-8-17-18(11-14)23-19(16-5-3-2-4-6-16)24-20(17)25-12-15(13-25)9-10-22-28(21,26)27;1-10-7-8-12-13(9-10)17-15(18-14(12)16)11-5-3-2-4-6-11;1-9-2-7-12-13(8-9)17-14(18-15(12)19)10-3-5-11(16)6-4-10;1-12-6-3-4-7(8(10)5-6)9(11)13-2;8-6-7-4-2-1-3-5-7;6-11(9,10)8-2-1-5-3-7-4-5/h2-8,11,15,22H,9-10,12-13H2,1H3,(H2,21,26,27);2-9H,1H3;2-8H,1H3,(H,17,18,19);3-5H,10H2,1-2H3;1-5H;5,7-8H,1-4H2,(H2,6,9,10). The molecule has 2 saturated heterocycles. The van der Waals surface area contributed by atoms with E-state index in [9.17, 15) is 30.8 Å². The number of aromatic amines is 1. The van der Waals surface area contributed by atoms with Crippen LogP contribution in [0.5, 0.6) is 5.75 Å². The molecule has 2 aliphatic heterocycles. The summed E-state index contributed by atoms with van der Waals surface area (Å²) in [6.07, 6.45) is 1.62. The van der Waals surface area contributed by atoms with Gasteiger partial charge in [-0.2, -0.15) is 22.1 Å². The maximum Gasteiger partial charge on any atom is 0.339 e. The third-order valence-electron chi connectivity index (χ3n) is 15.1. The number of nitrogen functional groups attached to an aromatic ring is 1. The number of esters is 1. The third kappa shape index (κ3) is 21.9. The van der Waals surface area contributed by atoms with Crippen molar-refractivity contribution < 1.29 is 35.5 Å². The highest BCUT2D eigenvalue weighted by atomic mass is 35.5. The van der Waals surface area contributed by atoms with Crippen molar-refractivity contribution in [2.75, 3.05) is 64.1 Å². The molecule has 13 rings (SSSR count). The maximum atomic E-state index is 12.9. The number of nitrogens with two attached hydrogens (primary N) is 3. The number of H-pyrrole nitrogens is 1. The Morgan fingerprint density at radius 1 is 0.629 bits per heavy atom. The molecule has 502 valence electrons. The molecule has 0 spiro atoms. The average molecular weight is 1370 g/mol. The van der Waals surface area contributed by atoms with Crippen LogP contribution in [0, 0.1) is 49.8 Å². The largest absolute Gasteiger partial charge is 0.497 e. The second-order valence-electron chi connectivity index (χ2n) is 22.6. The van der Waals surface area contributed by atoms with Gasteiger partial charge in [-0.05, 0) is 160 Å². The number of aryl methyl sites for hydroxylation is 3. The van der Waals surface area contributed by atoms with Crippen LogP contribution >= 0.6 is 11.6 Å². The van der Waals surface area contributed by atoms with Crippen LogP contribution in [0.25, 0.3) is 66.9 Å². The lowest BCUT2D eigenvalue weighted by Gasteiger charge is -2.40. The normalized spacial score (nSPS) is 12.6. The van der Waals surface area contributed by atoms with Gasteiger partial charge in [0.1, 0.15) is 28.4 Å². The number of fused-ring (bicyclic) bond motifs is 3. The topological polar surface area (TPSA) is 342 Å². The maximum absolute atomic E-state index is 12.9. The summed E-state index contributed by atoms with van der Waals surface area (Å²) < 4.78 is 69.7. The number of aromatic nitrogens is 6. The zero-order valence-electron chi connectivity index (χ0n) is 53.9. The van der Waals surface area contributed by atoms with Gasteiger partial charge in [0.2, 0.25) is 0 Å². The first-order valence-corrected chi connectivity index (χ1v) is 34.0. The first-order chi connectivity index (χ1) is 46.5. The van der Waals surface area contributed by atoms with E-state index in [1.807, 2.05) is 129 Å². The lowest BCUT2D eigenvalue weighted by molar-refractivity contribution is 0.0601. The van der Waals surface area contributed by atoms with E-state index in [1.165, 1.54) is 26.4 Å². The molecule has 11 aromatic rings. The van der Waals surface area contributed by atoms with Gasteiger partial charge in [0.25, 0.3) is 26.0 Å². The molecule has 8 aromatic carbocycles. The van der Waals surface area contributed by atoms with Crippen LogP contribution in [0.1, 0.15) is 45.5 Å². The zero-order valence-corrected chi connectivity index (χ0v) is 56.3. The second-order valence-corrected chi connectivity index (χ2v) is 25.7. The number of nitrogens with one attached hydrogen (secondary N) is 4. The van der Waals surface area contributed by atoms with E-state index in [1.54, 1.807) is 48.5 Å². The predicted octanol–water partition coefficient (Wildman–Crippen LogP) is 10.5. The molecule has 97 heavy (non-hydrogen) atoms. The molecule has 0 aliphatic carbocycles. The molecule has 0 radical (unpaired) electrons. The Hall–Kier alpha value is -10.1. The highest BCUT2D eigenvalue weighted by Gasteiger charge is 2.30. The summed E-state index contributed by atoms with van der Waals surface area (Å²) in [4.78, 5) is 51.0. The van der Waals surface area contributed by atoms with Crippen molar-refractivity contribution in [2.24, 2.45) is 22.1 Å². The molecule has 22 nitrogen and oxygen atoms in total. The van der Waals surface area contributed by atoms with Gasteiger partial charge in [-0.3, -0.25) is 4.79 Å². The monoisotopic (exact) mass is 1370 g/mol. The van der Waals surface area contributed by atoms with E-state index in [2.05, 4.69) is 69.5 Å². The molecule has 3 aromatic heterocycles. The SMILES string of the molecule is COC(=O)c1ccc(OC)cc1N.Cc1ccc2c(=O)[nH]c(-c3ccc(F)cc3)nc2c1.Cc1ccc2c(Cl)nc(-c3ccccc3)nc2c1.Cc1ccc2c(N3CC(CCNS(N)(=O)=O)C3)nc(-c3ccccc3)nc2c1.N#Cc1ccccc1.NS(=O)(=O)NCCC1CNC1. The van der Waals surface area contributed by atoms with Crippen LogP contribution in [0.3, 0.4) is 0 Å². The van der Waals surface area contributed by atoms with Gasteiger partial charge in [0.05, 0.1) is 53.4 Å². The van der Waals surface area contributed by atoms with Crippen LogP contribution in [0.4, 0.5) is 15.9 Å². The number of ether oxygens (including phenoxy) is 2. The molecule has 5 heterocycles. The number of carbonyl (C=O) groups excluding carboxylic acids is 1. The van der Waals surface area contributed by atoms with Crippen LogP contribution in [0.2, 0.25) is 5.15 Å². The number of halogens is 2. The van der Waals surface area contributed by atoms with Gasteiger partial charge in [-0.15, -0.1) is 0 Å². The molecule has 0 bridgehead atoms. The summed E-state index contributed by atoms with van der Waals surface area (Å²) in [5.41, 5.74) is 15.3. The Balaban J connectivity index is 0.000000155. The van der Waals surface area contributed by atoms with Crippen LogP contribution < -0.4 is 46.0 Å². The lowest BCUT2D eigenvalue weighted by atomic mass is 9.96. The highest BCUT2D eigenvalue weighted by Crippen LogP contribution is 2.34. The number of hydrogen-bond acceptors (Lipinski definition) is 17. The molecule has 0 atom stereocenters. The van der Waals surface area contributed by atoms with Gasteiger partial charge in [-0.25, -0.2) is 53.8 Å². The van der Waals surface area contributed by atoms with Crippen LogP contribution in [-0.4, -0.2) is 106 Å². The molecule has 0 amide bonds. The summed E-state index contributed by atoms with van der Waals surface area (Å²) >= 11 is 6.21. The fourth-order valence-corrected chi connectivity index (χ4v) is 10.9. The number of nitriles is 1. The molecule has 2 aliphatic rings. The van der Waals surface area contributed by atoms with Crippen molar-refractivity contribution in [3.05, 3.63) is 237 Å². The van der Waals surface area contributed by atoms with Crippen molar-refractivity contribution in [3.8, 4) is 46.0 Å². The van der Waals surface area contributed by atoms with Crippen molar-refractivity contribution in [1.82, 2.24) is 44.7 Å². The lowest BCUT2D eigenvalue weighted by Crippen LogP contribution is -2.48. The number of rotatable bonds is 14. The fourth-order valence-electron chi connectivity index (χ4n) is 9.86. The second kappa shape index (κ2) is 34.5. The summed E-state index contributed by atoms with van der Waals surface area (Å²) in [7, 11) is -4.25. The van der Waals surface area contributed by atoms with E-state index >= 15 is 0 Å². The molecular formula is C71H74ClFN14O8S2. The van der Waals surface area contributed by atoms with Crippen molar-refractivity contribution in [1.29, 1.82) is 5.26 Å². The Morgan fingerprint density at radius 3 is 1.61 bits per heavy atom. The van der Waals surface area contributed by atoms with Crippen LogP contribution in [0.15, 0.2) is 193 Å². The fraction of sp³-hybridized carbons (Fsp3) is 0.211. The molecule has 2 fully saturated rings. The quantitative estimate of drug-likeness (QED) is 0.0302. The summed E-state index contributed by atoms with van der Waals surface area (Å²) in [5.74, 6) is 3.64. The van der Waals surface area contributed by atoms with Gasteiger partial charge in [0, 0.05) is 65.4 Å². The minimum atomic E-state index is -3.62. The predicted molar refractivity (Wildman–Crippen MR) is 380 cm³/mol. The average Bonchev–Trinajstić information content (AvgIpc) is 0.784. The number of benzene rings is 8. The van der Waals surface area contributed by atoms with Crippen molar-refractivity contribution >= 4 is 82.2 Å². The number of nitrogens with zero attached hydrogens (tertiary/aromatic N) is 7. The van der Waals surface area contributed by atoms with E-state index < -0.39 is 26.4 Å². The van der Waals surface area contributed by atoms with E-state index in [0.717, 1.165) is 94.5 Å². The minimum absolute atomic E-state index is 0.190. The summed E-state index contributed by atoms with van der Waals surface area (Å²) in [6, 6.07) is 59.4. The molecule has 26 heteroatoms. The number of methoxy groups -OCH3 is 2.